The van der Waals surface area contributed by atoms with E-state index in [1.54, 1.807) is 24.3 Å². The van der Waals surface area contributed by atoms with E-state index in [0.717, 1.165) is 0 Å². The van der Waals surface area contributed by atoms with E-state index in [4.69, 9.17) is 9.31 Å². The molecule has 6 heteroatoms. The van der Waals surface area contributed by atoms with Gasteiger partial charge in [0.1, 0.15) is 0 Å². The van der Waals surface area contributed by atoms with Gasteiger partial charge in [-0.2, -0.15) is 13.2 Å². The molecule has 2 aliphatic rings. The van der Waals surface area contributed by atoms with E-state index in [9.17, 15) is 13.2 Å². The van der Waals surface area contributed by atoms with E-state index in [1.807, 2.05) is 27.7 Å². The third-order valence-electron chi connectivity index (χ3n) is 5.26. The van der Waals surface area contributed by atoms with Crippen LogP contribution >= 0.6 is 0 Å². The topological polar surface area (TPSA) is 18.5 Å². The Morgan fingerprint density at radius 2 is 1.55 bits per heavy atom. The quantitative estimate of drug-likeness (QED) is 0.777. The van der Waals surface area contributed by atoms with Gasteiger partial charge in [-0.05, 0) is 51.6 Å². The first-order valence-electron chi connectivity index (χ1n) is 7.51. The van der Waals surface area contributed by atoms with Crippen molar-refractivity contribution in [2.75, 3.05) is 0 Å². The second-order valence-electron chi connectivity index (χ2n) is 7.29. The van der Waals surface area contributed by atoms with Crippen molar-refractivity contribution in [3.05, 3.63) is 29.8 Å². The number of benzene rings is 1. The predicted octanol–water partition coefficient (Wildman–Crippen LogP) is 3.58. The molecule has 0 bridgehead atoms. The Hall–Kier alpha value is -1.01. The van der Waals surface area contributed by atoms with Crippen molar-refractivity contribution < 1.29 is 22.5 Å². The fraction of sp³-hybridized carbons (Fsp3) is 0.625. The highest BCUT2D eigenvalue weighted by Crippen LogP contribution is 2.58. The second kappa shape index (κ2) is 4.51. The molecular formula is C16H20BF3O2. The molecule has 2 fully saturated rings. The highest BCUT2D eigenvalue weighted by atomic mass is 19.4. The Labute approximate surface area is 129 Å². The smallest absolute Gasteiger partial charge is 0.399 e. The molecule has 22 heavy (non-hydrogen) atoms. The van der Waals surface area contributed by atoms with Crippen molar-refractivity contribution in [1.29, 1.82) is 0 Å². The van der Waals surface area contributed by atoms with Crippen LogP contribution in [-0.4, -0.2) is 24.5 Å². The maximum Gasteiger partial charge on any atom is 0.494 e. The monoisotopic (exact) mass is 312 g/mol. The zero-order valence-electron chi connectivity index (χ0n) is 13.3. The van der Waals surface area contributed by atoms with Crippen molar-refractivity contribution >= 4 is 12.6 Å². The summed E-state index contributed by atoms with van der Waals surface area (Å²) in [6.45, 7) is 7.70. The Bertz CT molecular complexity index is 575. The molecule has 0 unspecified atom stereocenters. The van der Waals surface area contributed by atoms with E-state index in [-0.39, 0.29) is 12.8 Å². The molecule has 1 aliphatic carbocycles. The van der Waals surface area contributed by atoms with Gasteiger partial charge >= 0.3 is 13.3 Å². The average Bonchev–Trinajstić information content (AvgIpc) is 3.14. The van der Waals surface area contributed by atoms with E-state index in [2.05, 4.69) is 0 Å². The van der Waals surface area contributed by atoms with Gasteiger partial charge in [0.05, 0.1) is 16.6 Å². The summed E-state index contributed by atoms with van der Waals surface area (Å²) in [7, 11) is -0.631. The normalized spacial score (nSPS) is 25.3. The third-order valence-corrected chi connectivity index (χ3v) is 5.26. The molecule has 1 aliphatic heterocycles. The largest absolute Gasteiger partial charge is 0.494 e. The molecule has 0 radical (unpaired) electrons. The van der Waals surface area contributed by atoms with E-state index in [1.165, 1.54) is 0 Å². The molecule has 0 aromatic heterocycles. The van der Waals surface area contributed by atoms with E-state index < -0.39 is 29.9 Å². The highest BCUT2D eigenvalue weighted by Gasteiger charge is 2.64. The van der Waals surface area contributed by atoms with Crippen LogP contribution in [0.1, 0.15) is 46.1 Å². The molecule has 1 saturated carbocycles. The maximum absolute atomic E-state index is 13.3. The minimum atomic E-state index is -4.21. The molecule has 1 heterocycles. The van der Waals surface area contributed by atoms with Crippen molar-refractivity contribution in [2.24, 2.45) is 0 Å². The number of rotatable bonds is 2. The zero-order valence-corrected chi connectivity index (χ0v) is 13.3. The third kappa shape index (κ3) is 2.28. The first-order valence-corrected chi connectivity index (χ1v) is 7.51. The van der Waals surface area contributed by atoms with E-state index >= 15 is 0 Å². The summed E-state index contributed by atoms with van der Waals surface area (Å²) in [5, 5.41) is 0. The van der Waals surface area contributed by atoms with Gasteiger partial charge in [-0.3, -0.25) is 0 Å². The molecule has 2 nitrogen and oxygen atoms in total. The fourth-order valence-corrected chi connectivity index (χ4v) is 2.82. The fourth-order valence-electron chi connectivity index (χ4n) is 2.82. The van der Waals surface area contributed by atoms with Crippen molar-refractivity contribution in [3.8, 4) is 0 Å². The number of halogens is 3. The number of hydrogen-bond donors (Lipinski definition) is 0. The number of hydrogen-bond acceptors (Lipinski definition) is 2. The summed E-state index contributed by atoms with van der Waals surface area (Å²) in [4.78, 5) is 0. The Morgan fingerprint density at radius 3 is 2.00 bits per heavy atom. The minimum Gasteiger partial charge on any atom is -0.399 e. The first kappa shape index (κ1) is 15.9. The maximum atomic E-state index is 13.3. The Kier molecular flexibility index (Phi) is 3.25. The van der Waals surface area contributed by atoms with Gasteiger partial charge in [0.25, 0.3) is 0 Å². The predicted molar refractivity (Wildman–Crippen MR) is 79.1 cm³/mol. The van der Waals surface area contributed by atoms with Gasteiger partial charge < -0.3 is 9.31 Å². The van der Waals surface area contributed by atoms with Crippen LogP contribution in [-0.2, 0) is 14.7 Å². The lowest BCUT2D eigenvalue weighted by molar-refractivity contribution is -0.160. The van der Waals surface area contributed by atoms with Gasteiger partial charge in [0.15, 0.2) is 0 Å². The highest BCUT2D eigenvalue weighted by molar-refractivity contribution is 6.62. The van der Waals surface area contributed by atoms with Crippen LogP contribution in [0.25, 0.3) is 0 Å². The zero-order chi connectivity index (χ0) is 16.4. The summed E-state index contributed by atoms with van der Waals surface area (Å²) in [6, 6.07) is 6.55. The van der Waals surface area contributed by atoms with Crippen LogP contribution in [0, 0.1) is 0 Å². The average molecular weight is 312 g/mol. The van der Waals surface area contributed by atoms with E-state index in [0.29, 0.717) is 11.0 Å². The van der Waals surface area contributed by atoms with Crippen molar-refractivity contribution in [1.82, 2.24) is 0 Å². The lowest BCUT2D eigenvalue weighted by atomic mass is 9.77. The molecule has 120 valence electrons. The van der Waals surface area contributed by atoms with Crippen molar-refractivity contribution in [2.45, 2.75) is 63.3 Å². The van der Waals surface area contributed by atoms with Gasteiger partial charge in [-0.25, -0.2) is 0 Å². The van der Waals surface area contributed by atoms with Crippen molar-refractivity contribution in [3.63, 3.8) is 0 Å². The molecule has 3 rings (SSSR count). The molecule has 1 aromatic carbocycles. The van der Waals surface area contributed by atoms with Crippen LogP contribution in [0.5, 0.6) is 0 Å². The summed E-state index contributed by atoms with van der Waals surface area (Å²) in [5.74, 6) is 0. The molecule has 0 atom stereocenters. The van der Waals surface area contributed by atoms with Gasteiger partial charge in [0.2, 0.25) is 0 Å². The molecule has 1 saturated heterocycles. The van der Waals surface area contributed by atoms with Gasteiger partial charge in [-0.15, -0.1) is 0 Å². The minimum absolute atomic E-state index is 0.156. The molecule has 0 spiro atoms. The van der Waals surface area contributed by atoms with Crippen LogP contribution in [0.15, 0.2) is 24.3 Å². The molecule has 1 aromatic rings. The van der Waals surface area contributed by atoms with Crippen LogP contribution in [0.2, 0.25) is 0 Å². The summed E-state index contributed by atoms with van der Waals surface area (Å²) in [5.41, 5.74) is -1.73. The molecule has 0 N–H and O–H groups in total. The lowest BCUT2D eigenvalue weighted by Crippen LogP contribution is -2.41. The van der Waals surface area contributed by atoms with Gasteiger partial charge in [0, 0.05) is 0 Å². The molecule has 0 amide bonds. The standard InChI is InChI=1S/C16H20BF3O2/c1-13(2)14(3,4)22-17(21-13)12-7-5-6-11(10-12)15(8-9-15)16(18,19)20/h5-7,10H,8-9H2,1-4H3. The second-order valence-corrected chi connectivity index (χ2v) is 7.29. The van der Waals surface area contributed by atoms with Crippen LogP contribution in [0.4, 0.5) is 13.2 Å². The summed E-state index contributed by atoms with van der Waals surface area (Å²) < 4.78 is 51.7. The molecular weight excluding hydrogens is 292 g/mol. The summed E-state index contributed by atoms with van der Waals surface area (Å²) >= 11 is 0. The first-order chi connectivity index (χ1) is 9.99. The number of alkyl halides is 3. The summed E-state index contributed by atoms with van der Waals surface area (Å²) in [6.07, 6.45) is -3.89. The van der Waals surface area contributed by atoms with Crippen LogP contribution < -0.4 is 5.46 Å². The SMILES string of the molecule is CC1(C)OB(c2cccc(C3(C(F)(F)F)CC3)c2)OC1(C)C. The van der Waals surface area contributed by atoms with Crippen LogP contribution in [0.3, 0.4) is 0 Å². The Morgan fingerprint density at radius 1 is 1.00 bits per heavy atom. The lowest BCUT2D eigenvalue weighted by Gasteiger charge is -2.32. The Balaban J connectivity index is 1.91. The van der Waals surface area contributed by atoms with Gasteiger partial charge in [-0.1, -0.05) is 24.3 Å².